The number of rotatable bonds is 6. The third kappa shape index (κ3) is 6.18. The van der Waals surface area contributed by atoms with Crippen molar-refractivity contribution < 1.29 is 8.83 Å². The first-order valence-corrected chi connectivity index (χ1v) is 12.0. The van der Waals surface area contributed by atoms with E-state index >= 15 is 0 Å². The fourth-order valence-electron chi connectivity index (χ4n) is 3.89. The van der Waals surface area contributed by atoms with Crippen LogP contribution in [0.25, 0.3) is 0 Å². The number of hydrogen-bond acceptors (Lipinski definition) is 12. The molecule has 2 unspecified atom stereocenters. The van der Waals surface area contributed by atoms with E-state index in [-0.39, 0.29) is 12.3 Å². The van der Waals surface area contributed by atoms with Gasteiger partial charge in [0.15, 0.2) is 12.1 Å². The Morgan fingerprint density at radius 1 is 0.833 bits per heavy atom. The van der Waals surface area contributed by atoms with Gasteiger partial charge in [-0.2, -0.15) is 0 Å². The van der Waals surface area contributed by atoms with E-state index in [1.807, 2.05) is 83.0 Å². The minimum atomic E-state index is -0.387. The zero-order valence-corrected chi connectivity index (χ0v) is 22.0. The molecule has 2 aromatic rings. The second-order valence-corrected chi connectivity index (χ2v) is 9.10. The molecule has 0 aromatic carbocycles. The number of hydrogen-bond donors (Lipinski definition) is 3. The molecule has 0 radical (unpaired) electrons. The maximum atomic E-state index is 5.89. The molecule has 0 saturated heterocycles. The molecule has 4 heterocycles. The molecule has 0 aliphatic carbocycles. The lowest BCUT2D eigenvalue weighted by Gasteiger charge is -2.33. The van der Waals surface area contributed by atoms with Gasteiger partial charge in [-0.15, -0.1) is 0 Å². The SMILES string of the molecule is CNC1=NC(CN(Cc2ccc(C)o2)C2=NC(C)N=C(N(C)C)N2)N=C(N(C)Cc2ccc(C)o2)N1. The Morgan fingerprint density at radius 3 is 2.06 bits per heavy atom. The highest BCUT2D eigenvalue weighted by atomic mass is 16.3. The predicted octanol–water partition coefficient (Wildman–Crippen LogP) is 1.51. The quantitative estimate of drug-likeness (QED) is 0.550. The summed E-state index contributed by atoms with van der Waals surface area (Å²) < 4.78 is 11.6. The Balaban J connectivity index is 1.58. The monoisotopic (exact) mass is 496 g/mol. The van der Waals surface area contributed by atoms with Gasteiger partial charge >= 0.3 is 0 Å². The van der Waals surface area contributed by atoms with E-state index in [2.05, 4.69) is 25.8 Å². The van der Waals surface area contributed by atoms with Crippen LogP contribution in [-0.2, 0) is 13.1 Å². The summed E-state index contributed by atoms with van der Waals surface area (Å²) in [5.41, 5.74) is 0. The minimum Gasteiger partial charge on any atom is -0.464 e. The van der Waals surface area contributed by atoms with Crippen LogP contribution in [0.2, 0.25) is 0 Å². The fourth-order valence-corrected chi connectivity index (χ4v) is 3.89. The van der Waals surface area contributed by atoms with Gasteiger partial charge in [-0.05, 0) is 45.0 Å². The van der Waals surface area contributed by atoms with Crippen molar-refractivity contribution in [3.8, 4) is 0 Å². The number of aryl methyl sites for hydroxylation is 2. The van der Waals surface area contributed by atoms with Crippen molar-refractivity contribution in [3.05, 3.63) is 47.3 Å². The fraction of sp³-hybridized carbons (Fsp3) is 0.500. The second kappa shape index (κ2) is 10.8. The van der Waals surface area contributed by atoms with E-state index in [0.29, 0.717) is 37.5 Å². The molecule has 2 aliphatic heterocycles. The van der Waals surface area contributed by atoms with Crippen molar-refractivity contribution in [2.24, 2.45) is 20.0 Å². The lowest BCUT2D eigenvalue weighted by Crippen LogP contribution is -2.54. The largest absolute Gasteiger partial charge is 0.464 e. The standard InChI is InChI=1S/C24H36N10O2/c1-15-8-10-18(35-15)12-33(7)23-29-20(28-21(25-4)30-23)14-34(13-19-11-9-16(2)36-19)24-27-17(3)26-22(31-24)32(5)6/h8-11,17,20H,12-14H2,1-7H3,(H,26,27,31)(H2,25,28,29,30). The lowest BCUT2D eigenvalue weighted by molar-refractivity contribution is 0.325. The first-order chi connectivity index (χ1) is 17.2. The highest BCUT2D eigenvalue weighted by Crippen LogP contribution is 2.15. The molecule has 36 heavy (non-hydrogen) atoms. The van der Waals surface area contributed by atoms with Gasteiger partial charge in [0.1, 0.15) is 29.2 Å². The van der Waals surface area contributed by atoms with Crippen LogP contribution in [0, 0.1) is 13.8 Å². The Hall–Kier alpha value is -3.96. The van der Waals surface area contributed by atoms with Gasteiger partial charge in [0.05, 0.1) is 19.6 Å². The number of guanidine groups is 4. The highest BCUT2D eigenvalue weighted by molar-refractivity contribution is 6.01. The molecular formula is C24H36N10O2. The minimum absolute atomic E-state index is 0.217. The van der Waals surface area contributed by atoms with Gasteiger partial charge in [0.25, 0.3) is 0 Å². The molecule has 0 bridgehead atoms. The molecular weight excluding hydrogens is 460 g/mol. The Kier molecular flexibility index (Phi) is 7.51. The van der Waals surface area contributed by atoms with Crippen LogP contribution in [0.1, 0.15) is 30.0 Å². The van der Waals surface area contributed by atoms with Crippen molar-refractivity contribution in [1.29, 1.82) is 0 Å². The molecule has 0 fully saturated rings. The number of nitrogens with zero attached hydrogens (tertiary/aromatic N) is 7. The molecule has 0 amide bonds. The Morgan fingerprint density at radius 2 is 1.47 bits per heavy atom. The third-order valence-electron chi connectivity index (χ3n) is 5.66. The van der Waals surface area contributed by atoms with Crippen LogP contribution in [-0.4, -0.2) is 85.6 Å². The Labute approximate surface area is 211 Å². The van der Waals surface area contributed by atoms with Crippen molar-refractivity contribution in [2.45, 2.75) is 46.2 Å². The zero-order chi connectivity index (χ0) is 25.8. The average molecular weight is 497 g/mol. The summed E-state index contributed by atoms with van der Waals surface area (Å²) in [6, 6.07) is 7.88. The van der Waals surface area contributed by atoms with Gasteiger partial charge in [0.2, 0.25) is 17.9 Å². The van der Waals surface area contributed by atoms with Crippen LogP contribution in [0.15, 0.2) is 53.1 Å². The van der Waals surface area contributed by atoms with Crippen LogP contribution in [0.3, 0.4) is 0 Å². The average Bonchev–Trinajstić information content (AvgIpc) is 3.44. The van der Waals surface area contributed by atoms with Crippen molar-refractivity contribution in [2.75, 3.05) is 34.7 Å². The molecule has 2 atom stereocenters. The molecule has 0 spiro atoms. The van der Waals surface area contributed by atoms with E-state index in [9.17, 15) is 0 Å². The molecule has 3 N–H and O–H groups in total. The molecule has 2 aliphatic rings. The summed E-state index contributed by atoms with van der Waals surface area (Å²) in [6.45, 7) is 7.39. The lowest BCUT2D eigenvalue weighted by atomic mass is 10.3. The molecule has 2 aromatic heterocycles. The molecule has 12 nitrogen and oxygen atoms in total. The van der Waals surface area contributed by atoms with Gasteiger partial charge in [-0.3, -0.25) is 10.6 Å². The topological polar surface area (TPSA) is 122 Å². The smallest absolute Gasteiger partial charge is 0.203 e. The van der Waals surface area contributed by atoms with Gasteiger partial charge in [0, 0.05) is 28.2 Å². The summed E-state index contributed by atoms with van der Waals surface area (Å²) in [6.07, 6.45) is -0.604. The van der Waals surface area contributed by atoms with Gasteiger partial charge < -0.3 is 28.9 Å². The first-order valence-electron chi connectivity index (χ1n) is 12.0. The molecule has 4 rings (SSSR count). The highest BCUT2D eigenvalue weighted by Gasteiger charge is 2.26. The van der Waals surface area contributed by atoms with Crippen LogP contribution in [0.4, 0.5) is 0 Å². The summed E-state index contributed by atoms with van der Waals surface area (Å²) >= 11 is 0. The maximum Gasteiger partial charge on any atom is 0.203 e. The number of nitrogens with one attached hydrogen (secondary N) is 3. The van der Waals surface area contributed by atoms with E-state index in [1.165, 1.54) is 0 Å². The predicted molar refractivity (Wildman–Crippen MR) is 141 cm³/mol. The number of furan rings is 2. The van der Waals surface area contributed by atoms with Gasteiger partial charge in [-0.25, -0.2) is 20.0 Å². The summed E-state index contributed by atoms with van der Waals surface area (Å²) in [4.78, 5) is 25.0. The third-order valence-corrected chi connectivity index (χ3v) is 5.66. The number of aliphatic imine (C=N–C) groups is 4. The van der Waals surface area contributed by atoms with Crippen molar-refractivity contribution >= 4 is 23.8 Å². The van der Waals surface area contributed by atoms with Gasteiger partial charge in [-0.1, -0.05) is 0 Å². The normalized spacial score (nSPS) is 19.3. The van der Waals surface area contributed by atoms with Crippen LogP contribution < -0.4 is 16.0 Å². The summed E-state index contributed by atoms with van der Waals surface area (Å²) in [5.74, 6) is 6.23. The second-order valence-electron chi connectivity index (χ2n) is 9.10. The van der Waals surface area contributed by atoms with E-state index in [1.54, 1.807) is 0 Å². The summed E-state index contributed by atoms with van der Waals surface area (Å²) in [7, 11) is 7.70. The van der Waals surface area contributed by atoms with Crippen LogP contribution >= 0.6 is 0 Å². The Bertz CT molecular complexity index is 1180. The van der Waals surface area contributed by atoms with Crippen molar-refractivity contribution in [3.63, 3.8) is 0 Å². The molecule has 0 saturated carbocycles. The van der Waals surface area contributed by atoms with E-state index in [4.69, 9.17) is 23.8 Å². The molecule has 194 valence electrons. The zero-order valence-electron chi connectivity index (χ0n) is 22.0. The summed E-state index contributed by atoms with van der Waals surface area (Å²) in [5, 5.41) is 9.73. The first kappa shape index (κ1) is 25.1. The van der Waals surface area contributed by atoms with E-state index in [0.717, 1.165) is 29.0 Å². The maximum absolute atomic E-state index is 5.89. The van der Waals surface area contributed by atoms with E-state index < -0.39 is 0 Å². The molecule has 12 heteroatoms. The van der Waals surface area contributed by atoms with Crippen LogP contribution in [0.5, 0.6) is 0 Å². The van der Waals surface area contributed by atoms with Crippen molar-refractivity contribution in [1.82, 2.24) is 30.7 Å².